The zero-order valence-electron chi connectivity index (χ0n) is 11.4. The third-order valence-electron chi connectivity index (χ3n) is 2.41. The van der Waals surface area contributed by atoms with Crippen LogP contribution in [-0.4, -0.2) is 18.7 Å². The van der Waals surface area contributed by atoms with E-state index in [9.17, 15) is 0 Å². The Morgan fingerprint density at radius 3 is 2.28 bits per heavy atom. The normalized spacial score (nSPS) is 13.4. The van der Waals surface area contributed by atoms with Gasteiger partial charge in [-0.05, 0) is 32.9 Å². The van der Waals surface area contributed by atoms with E-state index in [2.05, 4.69) is 33.0 Å². The zero-order valence-corrected chi connectivity index (χ0v) is 12.9. The fourth-order valence-electron chi connectivity index (χ4n) is 1.39. The van der Waals surface area contributed by atoms with Gasteiger partial charge < -0.3 is 10.1 Å². The summed E-state index contributed by atoms with van der Waals surface area (Å²) in [4.78, 5) is 0. The van der Waals surface area contributed by atoms with Crippen LogP contribution in [0.25, 0.3) is 0 Å². The number of ether oxygens (including phenoxy) is 1. The van der Waals surface area contributed by atoms with Gasteiger partial charge in [0.1, 0.15) is 0 Å². The first-order valence-electron chi connectivity index (χ1n) is 6.11. The first kappa shape index (κ1) is 15.6. The first-order chi connectivity index (χ1) is 8.29. The van der Waals surface area contributed by atoms with E-state index < -0.39 is 0 Å². The van der Waals surface area contributed by atoms with E-state index in [1.807, 2.05) is 6.07 Å². The molecule has 0 aliphatic rings. The van der Waals surface area contributed by atoms with Gasteiger partial charge in [0.05, 0.1) is 16.7 Å². The Hall–Kier alpha value is -0.440. The van der Waals surface area contributed by atoms with Crippen molar-refractivity contribution >= 4 is 23.2 Å². The molecule has 0 spiro atoms. The predicted molar refractivity (Wildman–Crippen MR) is 78.9 cm³/mol. The summed E-state index contributed by atoms with van der Waals surface area (Å²) in [5.41, 5.74) is 0.121. The molecule has 18 heavy (non-hydrogen) atoms. The maximum Gasteiger partial charge on any atom is 0.156 e. The molecule has 102 valence electrons. The Morgan fingerprint density at radius 2 is 1.78 bits per heavy atom. The monoisotopic (exact) mass is 289 g/mol. The van der Waals surface area contributed by atoms with E-state index in [0.717, 1.165) is 6.54 Å². The zero-order chi connectivity index (χ0) is 13.8. The van der Waals surface area contributed by atoms with Gasteiger partial charge in [0.2, 0.25) is 0 Å². The molecule has 0 heterocycles. The molecule has 1 atom stereocenters. The van der Waals surface area contributed by atoms with Gasteiger partial charge in [-0.3, -0.25) is 0 Å². The summed E-state index contributed by atoms with van der Waals surface area (Å²) >= 11 is 12.1. The Labute approximate surface area is 120 Å². The number of para-hydroxylation sites is 1. The van der Waals surface area contributed by atoms with Gasteiger partial charge >= 0.3 is 0 Å². The van der Waals surface area contributed by atoms with Gasteiger partial charge in [0.25, 0.3) is 0 Å². The summed E-state index contributed by atoms with van der Waals surface area (Å²) < 4.78 is 5.69. The van der Waals surface area contributed by atoms with Crippen LogP contribution in [0.3, 0.4) is 0 Å². The lowest BCUT2D eigenvalue weighted by molar-refractivity contribution is 0.244. The second-order valence-electron chi connectivity index (χ2n) is 5.60. The standard InChI is InChI=1S/C14H21Cl2NO/c1-10(8-17-14(2,3)4)9-18-13-11(15)6-5-7-12(13)16/h5-7,10,17H,8-9H2,1-4H3. The molecule has 1 unspecified atom stereocenters. The van der Waals surface area contributed by atoms with Crippen molar-refractivity contribution in [1.29, 1.82) is 0 Å². The molecule has 0 saturated heterocycles. The fraction of sp³-hybridized carbons (Fsp3) is 0.571. The summed E-state index contributed by atoms with van der Waals surface area (Å²) in [5, 5.41) is 4.55. The minimum Gasteiger partial charge on any atom is -0.490 e. The lowest BCUT2D eigenvalue weighted by Gasteiger charge is -2.23. The third-order valence-corrected chi connectivity index (χ3v) is 3.01. The lowest BCUT2D eigenvalue weighted by Crippen LogP contribution is -2.39. The Kier molecular flexibility index (Phi) is 5.77. The molecule has 0 fully saturated rings. The second kappa shape index (κ2) is 6.65. The van der Waals surface area contributed by atoms with Crippen LogP contribution in [0.15, 0.2) is 18.2 Å². The minimum absolute atomic E-state index is 0.121. The molecule has 1 N–H and O–H groups in total. The van der Waals surface area contributed by atoms with Crippen LogP contribution in [0.5, 0.6) is 5.75 Å². The van der Waals surface area contributed by atoms with Crippen LogP contribution >= 0.6 is 23.2 Å². The molecular formula is C14H21Cl2NO. The van der Waals surface area contributed by atoms with E-state index in [1.54, 1.807) is 12.1 Å². The number of hydrogen-bond donors (Lipinski definition) is 1. The largest absolute Gasteiger partial charge is 0.490 e. The highest BCUT2D eigenvalue weighted by Crippen LogP contribution is 2.32. The number of benzene rings is 1. The van der Waals surface area contributed by atoms with Gasteiger partial charge in [0, 0.05) is 18.0 Å². The van der Waals surface area contributed by atoms with E-state index in [1.165, 1.54) is 0 Å². The van der Waals surface area contributed by atoms with E-state index in [0.29, 0.717) is 28.3 Å². The van der Waals surface area contributed by atoms with Crippen LogP contribution < -0.4 is 10.1 Å². The van der Waals surface area contributed by atoms with Crippen molar-refractivity contribution in [3.63, 3.8) is 0 Å². The molecule has 1 aromatic rings. The fourth-order valence-corrected chi connectivity index (χ4v) is 1.89. The third kappa shape index (κ3) is 5.47. The van der Waals surface area contributed by atoms with Crippen molar-refractivity contribution in [2.24, 2.45) is 5.92 Å². The average molecular weight is 290 g/mol. The van der Waals surface area contributed by atoms with Gasteiger partial charge in [-0.1, -0.05) is 36.2 Å². The quantitative estimate of drug-likeness (QED) is 0.868. The average Bonchev–Trinajstić information content (AvgIpc) is 2.25. The molecule has 0 aliphatic heterocycles. The molecule has 0 amide bonds. The Bertz CT molecular complexity index is 368. The first-order valence-corrected chi connectivity index (χ1v) is 6.87. The number of nitrogens with one attached hydrogen (secondary N) is 1. The van der Waals surface area contributed by atoms with E-state index >= 15 is 0 Å². The molecule has 0 saturated carbocycles. The minimum atomic E-state index is 0.121. The molecule has 4 heteroatoms. The summed E-state index contributed by atoms with van der Waals surface area (Å²) in [6.45, 7) is 10.0. The SMILES string of the molecule is CC(CNC(C)(C)C)COc1c(Cl)cccc1Cl. The predicted octanol–water partition coefficient (Wildman–Crippen LogP) is 4.40. The molecule has 1 rings (SSSR count). The van der Waals surface area contributed by atoms with Gasteiger partial charge in [-0.15, -0.1) is 0 Å². The van der Waals surface area contributed by atoms with Crippen molar-refractivity contribution in [3.8, 4) is 5.75 Å². The summed E-state index contributed by atoms with van der Waals surface area (Å²) in [6.07, 6.45) is 0. The van der Waals surface area contributed by atoms with Crippen LogP contribution in [0.4, 0.5) is 0 Å². The van der Waals surface area contributed by atoms with Crippen molar-refractivity contribution < 1.29 is 4.74 Å². The maximum atomic E-state index is 6.04. The van der Waals surface area contributed by atoms with Crippen LogP contribution in [0, 0.1) is 5.92 Å². The smallest absolute Gasteiger partial charge is 0.156 e. The maximum absolute atomic E-state index is 6.04. The van der Waals surface area contributed by atoms with Gasteiger partial charge in [0.15, 0.2) is 5.75 Å². The van der Waals surface area contributed by atoms with Gasteiger partial charge in [-0.25, -0.2) is 0 Å². The molecule has 0 bridgehead atoms. The molecule has 0 aromatic heterocycles. The second-order valence-corrected chi connectivity index (χ2v) is 6.41. The highest BCUT2D eigenvalue weighted by Gasteiger charge is 2.13. The summed E-state index contributed by atoms with van der Waals surface area (Å²) in [7, 11) is 0. The summed E-state index contributed by atoms with van der Waals surface area (Å²) in [5.74, 6) is 0.958. The number of halogens is 2. The Morgan fingerprint density at radius 1 is 1.22 bits per heavy atom. The molecule has 0 aliphatic carbocycles. The van der Waals surface area contributed by atoms with Crippen LogP contribution in [0.1, 0.15) is 27.7 Å². The Balaban J connectivity index is 2.45. The van der Waals surface area contributed by atoms with E-state index in [-0.39, 0.29) is 5.54 Å². The lowest BCUT2D eigenvalue weighted by atomic mass is 10.1. The van der Waals surface area contributed by atoms with Crippen molar-refractivity contribution in [2.75, 3.05) is 13.2 Å². The molecule has 2 nitrogen and oxygen atoms in total. The molecule has 1 aromatic carbocycles. The topological polar surface area (TPSA) is 21.3 Å². The van der Waals surface area contributed by atoms with Crippen LogP contribution in [0.2, 0.25) is 10.0 Å². The number of rotatable bonds is 5. The highest BCUT2D eigenvalue weighted by atomic mass is 35.5. The van der Waals surface area contributed by atoms with E-state index in [4.69, 9.17) is 27.9 Å². The molecular weight excluding hydrogens is 269 g/mol. The highest BCUT2D eigenvalue weighted by molar-refractivity contribution is 6.37. The number of hydrogen-bond acceptors (Lipinski definition) is 2. The summed E-state index contributed by atoms with van der Waals surface area (Å²) in [6, 6.07) is 5.36. The van der Waals surface area contributed by atoms with Crippen molar-refractivity contribution in [1.82, 2.24) is 5.32 Å². The van der Waals surface area contributed by atoms with Crippen molar-refractivity contribution in [2.45, 2.75) is 33.2 Å². The van der Waals surface area contributed by atoms with Crippen LogP contribution in [-0.2, 0) is 0 Å². The molecule has 0 radical (unpaired) electrons. The van der Waals surface area contributed by atoms with Gasteiger partial charge in [-0.2, -0.15) is 0 Å². The van der Waals surface area contributed by atoms with Crippen molar-refractivity contribution in [3.05, 3.63) is 28.2 Å².